The topological polar surface area (TPSA) is 104 Å². The van der Waals surface area contributed by atoms with Gasteiger partial charge in [0.15, 0.2) is 0 Å². The molecule has 0 spiro atoms. The van der Waals surface area contributed by atoms with Crippen molar-refractivity contribution >= 4 is 51.4 Å². The maximum atomic E-state index is 4.00. The van der Waals surface area contributed by atoms with E-state index in [4.69, 9.17) is 0 Å². The molecular weight excluding hydrogens is 95.1 g/mol. The molecule has 0 bridgehead atoms. The molecule has 0 aliphatic rings. The Labute approximate surface area is 73.6 Å². The van der Waals surface area contributed by atoms with Crippen LogP contribution < -0.4 is 23.4 Å². The fourth-order valence-corrected chi connectivity index (χ4v) is 0. The molecule has 8 N–H and O–H groups in total. The van der Waals surface area contributed by atoms with Crippen molar-refractivity contribution in [3.05, 3.63) is 0 Å². The predicted octanol–water partition coefficient (Wildman–Crippen LogP) is -2.74. The van der Waals surface area contributed by atoms with E-state index in [0.29, 0.717) is 0 Å². The molecule has 29 valence electrons. The summed E-state index contributed by atoms with van der Waals surface area (Å²) in [6.45, 7) is 0. The summed E-state index contributed by atoms with van der Waals surface area (Å²) in [4.78, 5) is 0. The summed E-state index contributed by atoms with van der Waals surface area (Å²) in [6, 6.07) is 0. The normalized spacial score (nSPS) is 2.40. The van der Waals surface area contributed by atoms with Crippen molar-refractivity contribution in [3.63, 3.8) is 0 Å². The van der Waals surface area contributed by atoms with Crippen LogP contribution in [0, 0.1) is 0 Å². The third-order valence-electron chi connectivity index (χ3n) is 0. The summed E-state index contributed by atoms with van der Waals surface area (Å²) in [5.74, 6) is 16.0. The Kier molecular flexibility index (Phi) is 162. The van der Waals surface area contributed by atoms with E-state index < -0.39 is 0 Å². The average Bonchev–Trinajstić information content (AvgIpc) is 1.50. The van der Waals surface area contributed by atoms with Crippen LogP contribution in [0.1, 0.15) is 0 Å². The van der Waals surface area contributed by atoms with Crippen molar-refractivity contribution < 1.29 is 0 Å². The van der Waals surface area contributed by atoms with Gasteiger partial charge in [0.2, 0.25) is 0 Å². The van der Waals surface area contributed by atoms with Gasteiger partial charge in [-0.1, -0.05) is 0 Å². The average molecular weight is 103 g/mol. The van der Waals surface area contributed by atoms with Crippen molar-refractivity contribution in [3.8, 4) is 0 Å². The molecule has 0 saturated carbocycles. The third kappa shape index (κ3) is 30.4. The molecule has 5 heavy (non-hydrogen) atoms. The molecule has 0 rings (SSSR count). The van der Waals surface area contributed by atoms with E-state index in [9.17, 15) is 0 Å². The standard InChI is InChI=1S/K.2H4N2/c;2*1-2/h;2*1-2H2. The van der Waals surface area contributed by atoms with Gasteiger partial charge in [0.1, 0.15) is 0 Å². The van der Waals surface area contributed by atoms with E-state index >= 15 is 0 Å². The monoisotopic (exact) mass is 103 g/mol. The minimum atomic E-state index is 0. The van der Waals surface area contributed by atoms with Crippen molar-refractivity contribution in [2.75, 3.05) is 0 Å². The second-order valence-electron chi connectivity index (χ2n) is 0. The largest absolute Gasteiger partial charge is 0.274 e. The van der Waals surface area contributed by atoms with Crippen LogP contribution >= 0.6 is 0 Å². The zero-order chi connectivity index (χ0) is 4.00. The maximum absolute atomic E-state index is 4.00. The van der Waals surface area contributed by atoms with Gasteiger partial charge in [0, 0.05) is 51.4 Å². The third-order valence-corrected chi connectivity index (χ3v) is 0. The van der Waals surface area contributed by atoms with Gasteiger partial charge in [-0.3, -0.25) is 23.4 Å². The minimum Gasteiger partial charge on any atom is -0.274 e. The van der Waals surface area contributed by atoms with Gasteiger partial charge < -0.3 is 0 Å². The van der Waals surface area contributed by atoms with E-state index in [2.05, 4.69) is 23.4 Å². The number of hydrazine groups is 2. The van der Waals surface area contributed by atoms with E-state index in [1.807, 2.05) is 0 Å². The summed E-state index contributed by atoms with van der Waals surface area (Å²) in [5.41, 5.74) is 0. The molecule has 1 radical (unpaired) electrons. The summed E-state index contributed by atoms with van der Waals surface area (Å²) in [6.07, 6.45) is 0. The summed E-state index contributed by atoms with van der Waals surface area (Å²) in [5, 5.41) is 0. The van der Waals surface area contributed by atoms with Gasteiger partial charge in [0.05, 0.1) is 0 Å². The molecule has 0 saturated heterocycles. The molecule has 0 atom stereocenters. The minimum absolute atomic E-state index is 0. The molecule has 0 heterocycles. The number of rotatable bonds is 0. The molecule has 0 amide bonds. The molecule has 0 unspecified atom stereocenters. The van der Waals surface area contributed by atoms with Crippen molar-refractivity contribution in [2.45, 2.75) is 0 Å². The first-order chi connectivity index (χ1) is 2.00. The number of nitrogens with two attached hydrogens (primary N) is 4. The van der Waals surface area contributed by atoms with Gasteiger partial charge in [-0.25, -0.2) is 0 Å². The Balaban J connectivity index is -0.0000000133. The first-order valence-corrected chi connectivity index (χ1v) is 0.667. The SMILES string of the molecule is NN.NN.[K]. The fraction of sp³-hybridized carbons (Fsp3) is 0. The molecule has 4 nitrogen and oxygen atoms in total. The molecule has 0 aromatic carbocycles. The second-order valence-corrected chi connectivity index (χ2v) is 0. The van der Waals surface area contributed by atoms with Crippen LogP contribution in [0.2, 0.25) is 0 Å². The van der Waals surface area contributed by atoms with Crippen LogP contribution in [-0.4, -0.2) is 51.4 Å². The zero-order valence-corrected chi connectivity index (χ0v) is 6.43. The number of hydrogen-bond acceptors (Lipinski definition) is 4. The fourth-order valence-electron chi connectivity index (χ4n) is 0. The first-order valence-electron chi connectivity index (χ1n) is 0.667. The second kappa shape index (κ2) is 50.3. The molecule has 0 aromatic rings. The summed E-state index contributed by atoms with van der Waals surface area (Å²) < 4.78 is 0. The summed E-state index contributed by atoms with van der Waals surface area (Å²) in [7, 11) is 0. The zero-order valence-electron chi connectivity index (χ0n) is 3.31. The maximum Gasteiger partial charge on any atom is 0 e. The van der Waals surface area contributed by atoms with Crippen molar-refractivity contribution in [1.82, 2.24) is 0 Å². The van der Waals surface area contributed by atoms with Gasteiger partial charge in [-0.15, -0.1) is 0 Å². The van der Waals surface area contributed by atoms with E-state index in [0.717, 1.165) is 0 Å². The Morgan fingerprint density at radius 2 is 0.600 bits per heavy atom. The van der Waals surface area contributed by atoms with Gasteiger partial charge in [-0.2, -0.15) is 0 Å². The summed E-state index contributed by atoms with van der Waals surface area (Å²) >= 11 is 0. The molecule has 0 aliphatic heterocycles. The van der Waals surface area contributed by atoms with Crippen LogP contribution in [-0.2, 0) is 0 Å². The van der Waals surface area contributed by atoms with Gasteiger partial charge >= 0.3 is 0 Å². The van der Waals surface area contributed by atoms with Crippen molar-refractivity contribution in [2.24, 2.45) is 23.4 Å². The predicted molar refractivity (Wildman–Crippen MR) is 22.5 cm³/mol. The van der Waals surface area contributed by atoms with Crippen LogP contribution in [0.4, 0.5) is 0 Å². The molecular formula is H8KN4. The van der Waals surface area contributed by atoms with Crippen LogP contribution in [0.3, 0.4) is 0 Å². The van der Waals surface area contributed by atoms with Crippen LogP contribution in [0.15, 0.2) is 0 Å². The van der Waals surface area contributed by atoms with Gasteiger partial charge in [-0.05, 0) is 0 Å². The Hall–Kier alpha value is 1.48. The molecule has 5 heteroatoms. The first kappa shape index (κ1) is 16.1. The quantitative estimate of drug-likeness (QED) is 0.152. The van der Waals surface area contributed by atoms with Crippen LogP contribution in [0.25, 0.3) is 0 Å². The number of hydrogen-bond donors (Lipinski definition) is 4. The Bertz CT molecular complexity index is 3.61. The smallest absolute Gasteiger partial charge is 0 e. The Morgan fingerprint density at radius 3 is 0.600 bits per heavy atom. The van der Waals surface area contributed by atoms with Crippen molar-refractivity contribution in [1.29, 1.82) is 0 Å². The Morgan fingerprint density at radius 1 is 0.600 bits per heavy atom. The van der Waals surface area contributed by atoms with E-state index in [1.54, 1.807) is 0 Å². The van der Waals surface area contributed by atoms with E-state index in [-0.39, 0.29) is 51.4 Å². The van der Waals surface area contributed by atoms with Crippen LogP contribution in [0.5, 0.6) is 0 Å². The van der Waals surface area contributed by atoms with Gasteiger partial charge in [0.25, 0.3) is 0 Å². The molecule has 0 fully saturated rings. The molecule has 0 aromatic heterocycles. The van der Waals surface area contributed by atoms with E-state index in [1.165, 1.54) is 0 Å². The molecule has 0 aliphatic carbocycles.